The summed E-state index contributed by atoms with van der Waals surface area (Å²) in [6, 6.07) is 12.9. The van der Waals surface area contributed by atoms with Gasteiger partial charge in [-0.1, -0.05) is 36.3 Å². The standard InChI is InChI=1S/C18H18O3/c1-4-15(13-9-7-6-8-10-13)18-16(20-3)11-14(19)12-17(18)21-5-2/h1,6-12,15,19H,5H2,2-3H3. The number of methoxy groups -OCH3 is 1. The largest absolute Gasteiger partial charge is 0.508 e. The van der Waals surface area contributed by atoms with Crippen LogP contribution in [0.15, 0.2) is 42.5 Å². The van der Waals surface area contributed by atoms with E-state index in [0.717, 1.165) is 11.1 Å². The number of aromatic hydroxyl groups is 1. The molecule has 1 unspecified atom stereocenters. The zero-order chi connectivity index (χ0) is 15.2. The van der Waals surface area contributed by atoms with E-state index in [0.29, 0.717) is 18.1 Å². The summed E-state index contributed by atoms with van der Waals surface area (Å²) in [4.78, 5) is 0. The molecule has 0 fully saturated rings. The predicted molar refractivity (Wildman–Crippen MR) is 82.9 cm³/mol. The van der Waals surface area contributed by atoms with Crippen molar-refractivity contribution in [3.05, 3.63) is 53.6 Å². The van der Waals surface area contributed by atoms with Gasteiger partial charge in [-0.15, -0.1) is 6.42 Å². The number of terminal acetylenes is 1. The molecular formula is C18H18O3. The molecule has 2 rings (SSSR count). The number of phenolic OH excluding ortho intramolecular Hbond substituents is 1. The van der Waals surface area contributed by atoms with Crippen LogP contribution in [0.5, 0.6) is 17.2 Å². The Morgan fingerprint density at radius 2 is 1.86 bits per heavy atom. The van der Waals surface area contributed by atoms with E-state index in [-0.39, 0.29) is 11.7 Å². The van der Waals surface area contributed by atoms with Gasteiger partial charge in [-0.25, -0.2) is 0 Å². The van der Waals surface area contributed by atoms with Crippen molar-refractivity contribution in [3.63, 3.8) is 0 Å². The molecule has 2 aromatic carbocycles. The number of hydrogen-bond acceptors (Lipinski definition) is 3. The highest BCUT2D eigenvalue weighted by Crippen LogP contribution is 2.41. The average molecular weight is 282 g/mol. The Labute approximate surface area is 125 Å². The van der Waals surface area contributed by atoms with Crippen molar-refractivity contribution in [1.82, 2.24) is 0 Å². The fourth-order valence-electron chi connectivity index (χ4n) is 2.31. The van der Waals surface area contributed by atoms with Crippen molar-refractivity contribution < 1.29 is 14.6 Å². The van der Waals surface area contributed by atoms with E-state index in [9.17, 15) is 5.11 Å². The Hall–Kier alpha value is -2.60. The van der Waals surface area contributed by atoms with E-state index in [1.54, 1.807) is 19.2 Å². The minimum Gasteiger partial charge on any atom is -0.508 e. The number of benzene rings is 2. The van der Waals surface area contributed by atoms with Gasteiger partial charge in [0.1, 0.15) is 17.2 Å². The van der Waals surface area contributed by atoms with Gasteiger partial charge in [0.15, 0.2) is 0 Å². The van der Waals surface area contributed by atoms with E-state index >= 15 is 0 Å². The highest BCUT2D eigenvalue weighted by molar-refractivity contribution is 5.57. The Balaban J connectivity index is 2.62. The normalized spacial score (nSPS) is 11.5. The summed E-state index contributed by atoms with van der Waals surface area (Å²) >= 11 is 0. The quantitative estimate of drug-likeness (QED) is 0.852. The van der Waals surface area contributed by atoms with Crippen molar-refractivity contribution >= 4 is 0 Å². The summed E-state index contributed by atoms with van der Waals surface area (Å²) in [6.07, 6.45) is 5.74. The van der Waals surface area contributed by atoms with Gasteiger partial charge in [-0.05, 0) is 12.5 Å². The molecule has 108 valence electrons. The van der Waals surface area contributed by atoms with Crippen LogP contribution in [-0.4, -0.2) is 18.8 Å². The zero-order valence-electron chi connectivity index (χ0n) is 12.2. The van der Waals surface area contributed by atoms with Crippen LogP contribution < -0.4 is 9.47 Å². The first kappa shape index (κ1) is 14.8. The molecule has 3 nitrogen and oxygen atoms in total. The number of rotatable bonds is 5. The lowest BCUT2D eigenvalue weighted by atomic mass is 9.90. The SMILES string of the molecule is C#CC(c1ccccc1)c1c(OC)cc(O)cc1OCC. The second-order valence-corrected chi connectivity index (χ2v) is 4.50. The molecule has 0 aliphatic carbocycles. The fraction of sp³-hybridized carbons (Fsp3) is 0.222. The summed E-state index contributed by atoms with van der Waals surface area (Å²) < 4.78 is 11.0. The predicted octanol–water partition coefficient (Wildman–Crippen LogP) is 3.56. The number of phenols is 1. The molecule has 0 bridgehead atoms. The lowest BCUT2D eigenvalue weighted by Gasteiger charge is -2.20. The van der Waals surface area contributed by atoms with Crippen LogP contribution in [0.4, 0.5) is 0 Å². The van der Waals surface area contributed by atoms with E-state index in [4.69, 9.17) is 15.9 Å². The number of hydrogen-bond donors (Lipinski definition) is 1. The average Bonchev–Trinajstić information content (AvgIpc) is 2.51. The van der Waals surface area contributed by atoms with Gasteiger partial charge in [0, 0.05) is 12.1 Å². The molecule has 0 saturated heterocycles. The summed E-state index contributed by atoms with van der Waals surface area (Å²) in [5.74, 6) is 3.63. The lowest BCUT2D eigenvalue weighted by Crippen LogP contribution is -2.05. The molecular weight excluding hydrogens is 264 g/mol. The van der Waals surface area contributed by atoms with Crippen molar-refractivity contribution in [2.75, 3.05) is 13.7 Å². The van der Waals surface area contributed by atoms with E-state index < -0.39 is 0 Å². The molecule has 1 N–H and O–H groups in total. The van der Waals surface area contributed by atoms with Gasteiger partial charge >= 0.3 is 0 Å². The molecule has 0 aromatic heterocycles. The maximum Gasteiger partial charge on any atom is 0.131 e. The molecule has 1 atom stereocenters. The third kappa shape index (κ3) is 3.11. The maximum absolute atomic E-state index is 9.79. The lowest BCUT2D eigenvalue weighted by molar-refractivity contribution is 0.327. The van der Waals surface area contributed by atoms with Crippen molar-refractivity contribution in [1.29, 1.82) is 0 Å². The summed E-state index contributed by atoms with van der Waals surface area (Å²) in [5, 5.41) is 9.79. The molecule has 0 aliphatic heterocycles. The Kier molecular flexibility index (Phi) is 4.73. The minimum atomic E-state index is -0.303. The Morgan fingerprint density at radius 3 is 2.43 bits per heavy atom. The fourth-order valence-corrected chi connectivity index (χ4v) is 2.31. The second-order valence-electron chi connectivity index (χ2n) is 4.50. The van der Waals surface area contributed by atoms with E-state index in [1.165, 1.54) is 0 Å². The molecule has 0 amide bonds. The highest BCUT2D eigenvalue weighted by Gasteiger charge is 2.22. The smallest absolute Gasteiger partial charge is 0.131 e. The second kappa shape index (κ2) is 6.71. The van der Waals surface area contributed by atoms with Crippen LogP contribution in [0.1, 0.15) is 24.0 Å². The summed E-state index contributed by atoms with van der Waals surface area (Å²) in [5.41, 5.74) is 1.73. The topological polar surface area (TPSA) is 38.7 Å². The van der Waals surface area contributed by atoms with Crippen LogP contribution in [0, 0.1) is 12.3 Å². The zero-order valence-corrected chi connectivity index (χ0v) is 12.2. The first-order valence-corrected chi connectivity index (χ1v) is 6.76. The van der Waals surface area contributed by atoms with Gasteiger partial charge in [0.2, 0.25) is 0 Å². The maximum atomic E-state index is 9.79. The van der Waals surface area contributed by atoms with Crippen molar-refractivity contribution in [3.8, 4) is 29.6 Å². The third-order valence-corrected chi connectivity index (χ3v) is 3.20. The molecule has 0 heterocycles. The molecule has 0 saturated carbocycles. The monoisotopic (exact) mass is 282 g/mol. The first-order chi connectivity index (χ1) is 10.2. The minimum absolute atomic E-state index is 0.0860. The third-order valence-electron chi connectivity index (χ3n) is 3.20. The molecule has 3 heteroatoms. The van der Waals surface area contributed by atoms with Crippen LogP contribution in [0.3, 0.4) is 0 Å². The van der Waals surface area contributed by atoms with E-state index in [2.05, 4.69) is 5.92 Å². The van der Waals surface area contributed by atoms with Crippen molar-refractivity contribution in [2.45, 2.75) is 12.8 Å². The first-order valence-electron chi connectivity index (χ1n) is 6.76. The van der Waals surface area contributed by atoms with Gasteiger partial charge < -0.3 is 14.6 Å². The molecule has 21 heavy (non-hydrogen) atoms. The summed E-state index contributed by atoms with van der Waals surface area (Å²) in [6.45, 7) is 2.36. The molecule has 2 aromatic rings. The van der Waals surface area contributed by atoms with Crippen LogP contribution in [0.2, 0.25) is 0 Å². The number of ether oxygens (including phenoxy) is 2. The van der Waals surface area contributed by atoms with Crippen LogP contribution in [0.25, 0.3) is 0 Å². The van der Waals surface area contributed by atoms with Crippen LogP contribution >= 0.6 is 0 Å². The van der Waals surface area contributed by atoms with Gasteiger partial charge in [0.25, 0.3) is 0 Å². The molecule has 0 spiro atoms. The Bertz CT molecular complexity index is 642. The van der Waals surface area contributed by atoms with Crippen LogP contribution in [-0.2, 0) is 0 Å². The highest BCUT2D eigenvalue weighted by atomic mass is 16.5. The Morgan fingerprint density at radius 1 is 1.19 bits per heavy atom. The van der Waals surface area contributed by atoms with Gasteiger partial charge in [0.05, 0.1) is 25.2 Å². The molecule has 0 radical (unpaired) electrons. The van der Waals surface area contributed by atoms with Gasteiger partial charge in [-0.3, -0.25) is 0 Å². The van der Waals surface area contributed by atoms with Gasteiger partial charge in [-0.2, -0.15) is 0 Å². The summed E-state index contributed by atoms with van der Waals surface area (Å²) in [7, 11) is 1.55. The van der Waals surface area contributed by atoms with Crippen molar-refractivity contribution in [2.24, 2.45) is 0 Å². The molecule has 0 aliphatic rings. The van der Waals surface area contributed by atoms with E-state index in [1.807, 2.05) is 37.3 Å².